The van der Waals surface area contributed by atoms with Crippen molar-refractivity contribution in [2.75, 3.05) is 13.1 Å². The lowest BCUT2D eigenvalue weighted by Crippen LogP contribution is -2.42. The molecule has 2 aromatic carbocycles. The minimum atomic E-state index is 0. The summed E-state index contributed by atoms with van der Waals surface area (Å²) >= 11 is 0. The molecule has 3 heterocycles. The SMILES string of the molecule is Cl.c1ccc(CN2C[C@@H]3[C@@H](C2)NCc2c(-c4ccccc4)nnn23)cc1. The number of likely N-dealkylation sites (tertiary alicyclic amines) is 1. The fourth-order valence-electron chi connectivity index (χ4n) is 4.08. The molecule has 0 aliphatic carbocycles. The van der Waals surface area contributed by atoms with Gasteiger partial charge in [0.05, 0.1) is 11.7 Å². The first-order chi connectivity index (χ1) is 12.4. The molecule has 0 unspecified atom stereocenters. The van der Waals surface area contributed by atoms with Crippen molar-refractivity contribution >= 4 is 12.4 Å². The molecule has 5 nitrogen and oxygen atoms in total. The van der Waals surface area contributed by atoms with Crippen LogP contribution in [0.25, 0.3) is 11.3 Å². The maximum atomic E-state index is 4.52. The molecule has 0 bridgehead atoms. The highest BCUT2D eigenvalue weighted by Gasteiger charge is 2.39. The van der Waals surface area contributed by atoms with Crippen LogP contribution in [-0.4, -0.2) is 39.0 Å². The molecule has 5 rings (SSSR count). The second-order valence-electron chi connectivity index (χ2n) is 6.93. The van der Waals surface area contributed by atoms with Gasteiger partial charge in [0.25, 0.3) is 0 Å². The summed E-state index contributed by atoms with van der Waals surface area (Å²) in [5.74, 6) is 0. The summed E-state index contributed by atoms with van der Waals surface area (Å²) in [5.41, 5.74) is 4.72. The lowest BCUT2D eigenvalue weighted by Gasteiger charge is -2.27. The Bertz CT molecular complexity index is 864. The van der Waals surface area contributed by atoms with E-state index in [-0.39, 0.29) is 12.4 Å². The Morgan fingerprint density at radius 2 is 1.69 bits per heavy atom. The van der Waals surface area contributed by atoms with E-state index < -0.39 is 0 Å². The smallest absolute Gasteiger partial charge is 0.117 e. The first-order valence-corrected chi connectivity index (χ1v) is 8.87. The monoisotopic (exact) mass is 367 g/mol. The maximum Gasteiger partial charge on any atom is 0.117 e. The molecule has 6 heteroatoms. The van der Waals surface area contributed by atoms with Crippen molar-refractivity contribution in [2.45, 2.75) is 25.2 Å². The standard InChI is InChI=1S/C20H21N5.ClH/c1-3-7-15(8-4-1)12-24-13-17-19(14-24)25-18(11-21-17)20(22-23-25)16-9-5-2-6-10-16;/h1-10,17,19,21H,11-14H2;1H/t17-,19-;/m1./s1. The highest BCUT2D eigenvalue weighted by molar-refractivity contribution is 5.85. The van der Waals surface area contributed by atoms with Gasteiger partial charge in [-0.05, 0) is 5.56 Å². The molecule has 2 aliphatic heterocycles. The zero-order valence-corrected chi connectivity index (χ0v) is 15.3. The number of halogens is 1. The normalized spacial score (nSPS) is 21.7. The van der Waals surface area contributed by atoms with Gasteiger partial charge in [0, 0.05) is 37.8 Å². The van der Waals surface area contributed by atoms with Gasteiger partial charge in [0.15, 0.2) is 0 Å². The Balaban J connectivity index is 0.00000168. The van der Waals surface area contributed by atoms with E-state index in [1.165, 1.54) is 11.3 Å². The minimum Gasteiger partial charge on any atom is -0.305 e. The average molecular weight is 368 g/mol. The van der Waals surface area contributed by atoms with Gasteiger partial charge in [-0.3, -0.25) is 4.90 Å². The largest absolute Gasteiger partial charge is 0.305 e. The molecular formula is C20H22ClN5. The number of nitrogens with zero attached hydrogens (tertiary/aromatic N) is 4. The lowest BCUT2D eigenvalue weighted by atomic mass is 10.1. The van der Waals surface area contributed by atoms with Gasteiger partial charge in [0.2, 0.25) is 0 Å². The summed E-state index contributed by atoms with van der Waals surface area (Å²) < 4.78 is 2.16. The van der Waals surface area contributed by atoms with E-state index in [0.29, 0.717) is 12.1 Å². The van der Waals surface area contributed by atoms with E-state index in [4.69, 9.17) is 0 Å². The van der Waals surface area contributed by atoms with E-state index >= 15 is 0 Å². The summed E-state index contributed by atoms with van der Waals surface area (Å²) in [7, 11) is 0. The fraction of sp³-hybridized carbons (Fsp3) is 0.300. The van der Waals surface area contributed by atoms with Crippen LogP contribution in [0.15, 0.2) is 60.7 Å². The van der Waals surface area contributed by atoms with Crippen molar-refractivity contribution in [3.8, 4) is 11.3 Å². The number of aromatic nitrogens is 3. The van der Waals surface area contributed by atoms with E-state index in [2.05, 4.69) is 79.8 Å². The molecule has 2 atom stereocenters. The molecule has 134 valence electrons. The van der Waals surface area contributed by atoms with Gasteiger partial charge in [-0.25, -0.2) is 4.68 Å². The van der Waals surface area contributed by atoms with Crippen LogP contribution in [0.5, 0.6) is 0 Å². The molecule has 1 N–H and O–H groups in total. The number of hydrogen-bond acceptors (Lipinski definition) is 4. The topological polar surface area (TPSA) is 46.0 Å². The van der Waals surface area contributed by atoms with Crippen molar-refractivity contribution in [3.05, 3.63) is 71.9 Å². The number of hydrogen-bond donors (Lipinski definition) is 1. The van der Waals surface area contributed by atoms with Crippen LogP contribution >= 0.6 is 12.4 Å². The molecular weight excluding hydrogens is 346 g/mol. The van der Waals surface area contributed by atoms with Crippen LogP contribution in [0.3, 0.4) is 0 Å². The predicted molar refractivity (Wildman–Crippen MR) is 104 cm³/mol. The van der Waals surface area contributed by atoms with Crippen molar-refractivity contribution in [1.29, 1.82) is 0 Å². The molecule has 1 aromatic heterocycles. The Labute approximate surface area is 159 Å². The third-order valence-electron chi connectivity index (χ3n) is 5.30. The predicted octanol–water partition coefficient (Wildman–Crippen LogP) is 2.90. The van der Waals surface area contributed by atoms with E-state index in [1.54, 1.807) is 0 Å². The second-order valence-corrected chi connectivity index (χ2v) is 6.93. The van der Waals surface area contributed by atoms with Crippen LogP contribution < -0.4 is 5.32 Å². The first kappa shape index (κ1) is 17.2. The quantitative estimate of drug-likeness (QED) is 0.773. The van der Waals surface area contributed by atoms with Gasteiger partial charge >= 0.3 is 0 Å². The summed E-state index contributed by atoms with van der Waals surface area (Å²) in [6.07, 6.45) is 0. The van der Waals surface area contributed by atoms with Crippen molar-refractivity contribution in [2.24, 2.45) is 0 Å². The van der Waals surface area contributed by atoms with Crippen molar-refractivity contribution in [1.82, 2.24) is 25.2 Å². The second kappa shape index (κ2) is 7.19. The van der Waals surface area contributed by atoms with Gasteiger partial charge in [-0.1, -0.05) is 65.9 Å². The summed E-state index contributed by atoms with van der Waals surface area (Å²) in [5, 5.41) is 12.7. The Morgan fingerprint density at radius 3 is 2.46 bits per heavy atom. The fourth-order valence-corrected chi connectivity index (χ4v) is 4.08. The summed E-state index contributed by atoms with van der Waals surface area (Å²) in [6, 6.07) is 21.8. The number of fused-ring (bicyclic) bond motifs is 3. The van der Waals surface area contributed by atoms with Crippen LogP contribution in [0.2, 0.25) is 0 Å². The van der Waals surface area contributed by atoms with E-state index in [9.17, 15) is 0 Å². The van der Waals surface area contributed by atoms with Gasteiger partial charge in [-0.2, -0.15) is 0 Å². The molecule has 1 fully saturated rings. The van der Waals surface area contributed by atoms with Crippen LogP contribution in [0.4, 0.5) is 0 Å². The molecule has 26 heavy (non-hydrogen) atoms. The molecule has 0 amide bonds. The zero-order valence-electron chi connectivity index (χ0n) is 14.5. The molecule has 3 aromatic rings. The third-order valence-corrected chi connectivity index (χ3v) is 5.30. The highest BCUT2D eigenvalue weighted by Crippen LogP contribution is 2.31. The Morgan fingerprint density at radius 1 is 0.962 bits per heavy atom. The van der Waals surface area contributed by atoms with E-state index in [1.807, 2.05) is 6.07 Å². The van der Waals surface area contributed by atoms with Gasteiger partial charge in [0.1, 0.15) is 5.69 Å². The summed E-state index contributed by atoms with van der Waals surface area (Å²) in [4.78, 5) is 2.51. The van der Waals surface area contributed by atoms with Crippen LogP contribution in [0.1, 0.15) is 17.3 Å². The Hall–Kier alpha value is -2.21. The average Bonchev–Trinajstić information content (AvgIpc) is 3.26. The molecule has 0 radical (unpaired) electrons. The summed E-state index contributed by atoms with van der Waals surface area (Å²) in [6.45, 7) is 3.89. The highest BCUT2D eigenvalue weighted by atomic mass is 35.5. The van der Waals surface area contributed by atoms with Crippen molar-refractivity contribution < 1.29 is 0 Å². The van der Waals surface area contributed by atoms with Gasteiger partial charge < -0.3 is 5.32 Å². The lowest BCUT2D eigenvalue weighted by molar-refractivity contribution is 0.307. The van der Waals surface area contributed by atoms with E-state index in [0.717, 1.165) is 37.4 Å². The Kier molecular flexibility index (Phi) is 4.76. The van der Waals surface area contributed by atoms with Crippen LogP contribution in [-0.2, 0) is 13.1 Å². The number of benzene rings is 2. The first-order valence-electron chi connectivity index (χ1n) is 8.87. The molecule has 1 saturated heterocycles. The van der Waals surface area contributed by atoms with Crippen molar-refractivity contribution in [3.63, 3.8) is 0 Å². The van der Waals surface area contributed by atoms with Crippen LogP contribution in [0, 0.1) is 0 Å². The molecule has 2 aliphatic rings. The third kappa shape index (κ3) is 3.03. The number of nitrogens with one attached hydrogen (secondary N) is 1. The molecule has 0 saturated carbocycles. The van der Waals surface area contributed by atoms with Gasteiger partial charge in [-0.15, -0.1) is 17.5 Å². The number of rotatable bonds is 3. The maximum absolute atomic E-state index is 4.52. The zero-order chi connectivity index (χ0) is 16.6. The minimum absolute atomic E-state index is 0. The molecule has 0 spiro atoms.